The smallest absolute Gasteiger partial charge is 0.321 e. The highest BCUT2D eigenvalue weighted by Crippen LogP contribution is 2.05. The minimum Gasteiger partial charge on any atom is -0.480 e. The number of nitrogens with zero attached hydrogens (tertiary/aromatic N) is 1. The second-order valence-electron chi connectivity index (χ2n) is 4.37. The Morgan fingerprint density at radius 1 is 1.37 bits per heavy atom. The molecule has 0 fully saturated rings. The first-order valence-electron chi connectivity index (χ1n) is 6.23. The molecule has 0 radical (unpaired) electrons. The SMILES string of the molecule is CCCCC(NC(Cc1cnc[nH]1)C(=O)O)C(=O)O. The van der Waals surface area contributed by atoms with E-state index in [4.69, 9.17) is 10.2 Å². The number of aliphatic carboxylic acids is 2. The van der Waals surface area contributed by atoms with E-state index < -0.39 is 24.0 Å². The fourth-order valence-corrected chi connectivity index (χ4v) is 1.76. The third-order valence-corrected chi connectivity index (χ3v) is 2.82. The van der Waals surface area contributed by atoms with Crippen LogP contribution in [0.3, 0.4) is 0 Å². The lowest BCUT2D eigenvalue weighted by Crippen LogP contribution is -2.48. The van der Waals surface area contributed by atoms with Crippen molar-refractivity contribution in [3.63, 3.8) is 0 Å². The lowest BCUT2D eigenvalue weighted by atomic mass is 10.1. The second kappa shape index (κ2) is 7.52. The van der Waals surface area contributed by atoms with E-state index >= 15 is 0 Å². The van der Waals surface area contributed by atoms with Crippen LogP contribution in [-0.2, 0) is 16.0 Å². The molecule has 1 aromatic heterocycles. The molecule has 2 atom stereocenters. The fourth-order valence-electron chi connectivity index (χ4n) is 1.76. The van der Waals surface area contributed by atoms with E-state index in [0.29, 0.717) is 12.1 Å². The molecule has 2 unspecified atom stereocenters. The number of carboxylic acid groups (broad SMARTS) is 2. The van der Waals surface area contributed by atoms with Crippen molar-refractivity contribution in [3.8, 4) is 0 Å². The largest absolute Gasteiger partial charge is 0.480 e. The van der Waals surface area contributed by atoms with Gasteiger partial charge in [0, 0.05) is 18.3 Å². The van der Waals surface area contributed by atoms with Crippen LogP contribution in [0.5, 0.6) is 0 Å². The molecule has 0 saturated carbocycles. The van der Waals surface area contributed by atoms with Crippen LogP contribution in [-0.4, -0.2) is 44.2 Å². The molecule has 0 aliphatic carbocycles. The molecular weight excluding hydrogens is 250 g/mol. The Labute approximate surface area is 111 Å². The van der Waals surface area contributed by atoms with Gasteiger partial charge >= 0.3 is 11.9 Å². The van der Waals surface area contributed by atoms with Gasteiger partial charge in [-0.2, -0.15) is 0 Å². The van der Waals surface area contributed by atoms with Crippen molar-refractivity contribution < 1.29 is 19.8 Å². The number of hydrogen-bond acceptors (Lipinski definition) is 4. The molecule has 7 heteroatoms. The fraction of sp³-hybridized carbons (Fsp3) is 0.583. The van der Waals surface area contributed by atoms with Gasteiger partial charge in [-0.25, -0.2) is 4.98 Å². The molecule has 0 aromatic carbocycles. The molecule has 0 bridgehead atoms. The molecule has 1 aromatic rings. The maximum Gasteiger partial charge on any atom is 0.321 e. The van der Waals surface area contributed by atoms with E-state index in [-0.39, 0.29) is 6.42 Å². The second-order valence-corrected chi connectivity index (χ2v) is 4.37. The highest BCUT2D eigenvalue weighted by atomic mass is 16.4. The zero-order chi connectivity index (χ0) is 14.3. The Morgan fingerprint density at radius 3 is 2.53 bits per heavy atom. The van der Waals surface area contributed by atoms with Crippen molar-refractivity contribution in [2.24, 2.45) is 0 Å². The van der Waals surface area contributed by atoms with Crippen LogP contribution in [0.4, 0.5) is 0 Å². The predicted octanol–water partition coefficient (Wildman–Crippen LogP) is 0.638. The Balaban J connectivity index is 2.64. The zero-order valence-corrected chi connectivity index (χ0v) is 10.8. The van der Waals surface area contributed by atoms with Gasteiger partial charge in [0.05, 0.1) is 6.33 Å². The first kappa shape index (κ1) is 15.2. The number of hydrogen-bond donors (Lipinski definition) is 4. The van der Waals surface area contributed by atoms with Gasteiger partial charge in [-0.05, 0) is 6.42 Å². The summed E-state index contributed by atoms with van der Waals surface area (Å²) < 4.78 is 0. The summed E-state index contributed by atoms with van der Waals surface area (Å²) in [5.41, 5.74) is 0.652. The maximum absolute atomic E-state index is 11.2. The highest BCUT2D eigenvalue weighted by molar-refractivity contribution is 5.77. The van der Waals surface area contributed by atoms with Crippen LogP contribution in [0.25, 0.3) is 0 Å². The van der Waals surface area contributed by atoms with E-state index in [1.165, 1.54) is 12.5 Å². The summed E-state index contributed by atoms with van der Waals surface area (Å²) >= 11 is 0. The lowest BCUT2D eigenvalue weighted by molar-refractivity contribution is -0.142. The number of aromatic amines is 1. The minimum absolute atomic E-state index is 0.172. The monoisotopic (exact) mass is 269 g/mol. The van der Waals surface area contributed by atoms with Gasteiger partial charge in [0.25, 0.3) is 0 Å². The van der Waals surface area contributed by atoms with E-state index in [1.54, 1.807) is 0 Å². The molecule has 106 valence electrons. The number of aromatic nitrogens is 2. The standard InChI is InChI=1S/C12H19N3O4/c1-2-3-4-9(11(16)17)15-10(12(18)19)5-8-6-13-7-14-8/h6-7,9-10,15H,2-5H2,1H3,(H,13,14)(H,16,17)(H,18,19). The first-order chi connectivity index (χ1) is 9.04. The molecule has 4 N–H and O–H groups in total. The average Bonchev–Trinajstić information content (AvgIpc) is 2.85. The number of H-pyrrole nitrogens is 1. The Morgan fingerprint density at radius 2 is 2.05 bits per heavy atom. The summed E-state index contributed by atoms with van der Waals surface area (Å²) in [7, 11) is 0. The van der Waals surface area contributed by atoms with Crippen LogP contribution in [0.15, 0.2) is 12.5 Å². The van der Waals surface area contributed by atoms with Gasteiger partial charge in [0.15, 0.2) is 0 Å². The molecule has 19 heavy (non-hydrogen) atoms. The van der Waals surface area contributed by atoms with E-state index in [1.807, 2.05) is 6.92 Å². The summed E-state index contributed by atoms with van der Waals surface area (Å²) in [6.07, 6.45) is 5.17. The normalized spacial score (nSPS) is 13.9. The van der Waals surface area contributed by atoms with Crippen LogP contribution in [0, 0.1) is 0 Å². The highest BCUT2D eigenvalue weighted by Gasteiger charge is 2.26. The van der Waals surface area contributed by atoms with Gasteiger partial charge in [-0.1, -0.05) is 19.8 Å². The van der Waals surface area contributed by atoms with E-state index in [2.05, 4.69) is 15.3 Å². The van der Waals surface area contributed by atoms with Crippen LogP contribution in [0.1, 0.15) is 31.9 Å². The molecule has 0 aliphatic heterocycles. The van der Waals surface area contributed by atoms with Gasteiger partial charge in [-0.3, -0.25) is 14.9 Å². The average molecular weight is 269 g/mol. The molecule has 0 spiro atoms. The molecule has 1 heterocycles. The molecular formula is C12H19N3O4. The van der Waals surface area contributed by atoms with Crippen molar-refractivity contribution in [2.75, 3.05) is 0 Å². The van der Waals surface area contributed by atoms with Gasteiger partial charge in [-0.15, -0.1) is 0 Å². The summed E-state index contributed by atoms with van der Waals surface area (Å²) in [4.78, 5) is 28.9. The van der Waals surface area contributed by atoms with Gasteiger partial charge in [0.1, 0.15) is 12.1 Å². The summed E-state index contributed by atoms with van der Waals surface area (Å²) in [6.45, 7) is 1.96. The van der Waals surface area contributed by atoms with Crippen molar-refractivity contribution in [3.05, 3.63) is 18.2 Å². The quantitative estimate of drug-likeness (QED) is 0.523. The molecule has 7 nitrogen and oxygen atoms in total. The predicted molar refractivity (Wildman–Crippen MR) is 67.8 cm³/mol. The number of rotatable bonds is 9. The van der Waals surface area contributed by atoms with Crippen molar-refractivity contribution in [2.45, 2.75) is 44.7 Å². The Bertz CT molecular complexity index is 405. The molecule has 0 amide bonds. The third kappa shape index (κ3) is 5.09. The van der Waals surface area contributed by atoms with E-state index in [9.17, 15) is 9.59 Å². The summed E-state index contributed by atoms with van der Waals surface area (Å²) in [5, 5.41) is 20.9. The van der Waals surface area contributed by atoms with Gasteiger partial charge < -0.3 is 15.2 Å². The molecule has 0 saturated heterocycles. The van der Waals surface area contributed by atoms with Crippen LogP contribution >= 0.6 is 0 Å². The lowest BCUT2D eigenvalue weighted by Gasteiger charge is -2.19. The number of carbonyl (C=O) groups is 2. The topological polar surface area (TPSA) is 115 Å². The Kier molecular flexibility index (Phi) is 6.01. The first-order valence-corrected chi connectivity index (χ1v) is 6.23. The summed E-state index contributed by atoms with van der Waals surface area (Å²) in [5.74, 6) is -2.10. The van der Waals surface area contributed by atoms with Crippen molar-refractivity contribution >= 4 is 11.9 Å². The molecule has 0 aliphatic rings. The maximum atomic E-state index is 11.2. The van der Waals surface area contributed by atoms with Crippen LogP contribution < -0.4 is 5.32 Å². The number of unbranched alkanes of at least 4 members (excludes halogenated alkanes) is 1. The number of carboxylic acids is 2. The zero-order valence-electron chi connectivity index (χ0n) is 10.8. The molecule has 1 rings (SSSR count). The number of imidazole rings is 1. The van der Waals surface area contributed by atoms with Crippen molar-refractivity contribution in [1.29, 1.82) is 0 Å². The van der Waals surface area contributed by atoms with Crippen molar-refractivity contribution in [1.82, 2.24) is 15.3 Å². The Hall–Kier alpha value is -1.89. The van der Waals surface area contributed by atoms with Crippen LogP contribution in [0.2, 0.25) is 0 Å². The van der Waals surface area contributed by atoms with Gasteiger partial charge in [0.2, 0.25) is 0 Å². The summed E-state index contributed by atoms with van der Waals surface area (Å²) in [6, 6.07) is -1.79. The minimum atomic E-state index is -1.07. The van der Waals surface area contributed by atoms with E-state index in [0.717, 1.165) is 12.8 Å². The number of nitrogens with one attached hydrogen (secondary N) is 2. The third-order valence-electron chi connectivity index (χ3n) is 2.82.